The maximum atomic E-state index is 13.9. The van der Waals surface area contributed by atoms with E-state index >= 15 is 0 Å². The fraction of sp³-hybridized carbons (Fsp3) is 0.261. The first kappa shape index (κ1) is 22.5. The first-order valence-corrected chi connectivity index (χ1v) is 11.9. The minimum absolute atomic E-state index is 0.0878. The van der Waals surface area contributed by atoms with Crippen molar-refractivity contribution in [2.45, 2.75) is 42.5 Å². The second-order valence-corrected chi connectivity index (χ2v) is 10.1. The number of halogens is 2. The van der Waals surface area contributed by atoms with Crippen LogP contribution < -0.4 is 10.9 Å². The zero-order valence-electron chi connectivity index (χ0n) is 17.7. The fourth-order valence-corrected chi connectivity index (χ4v) is 5.54. The summed E-state index contributed by atoms with van der Waals surface area (Å²) in [7, 11) is 0. The Morgan fingerprint density at radius 1 is 1.22 bits per heavy atom. The summed E-state index contributed by atoms with van der Waals surface area (Å²) in [5.74, 6) is -2.14. The molecule has 0 aliphatic carbocycles. The van der Waals surface area contributed by atoms with E-state index in [4.69, 9.17) is 4.98 Å². The SMILES string of the molecule is Cc1cc(C)cc(-n2c(SCC(=O)Nc3ccc(F)cc3F)nc3c(c2=O)SC(C)C3)c1. The molecule has 1 aliphatic heterocycles. The molecule has 5 nitrogen and oxygen atoms in total. The smallest absolute Gasteiger partial charge is 0.272 e. The number of amides is 1. The first-order chi connectivity index (χ1) is 15.2. The maximum absolute atomic E-state index is 13.9. The van der Waals surface area contributed by atoms with Crippen LogP contribution in [0.5, 0.6) is 0 Å². The predicted octanol–water partition coefficient (Wildman–Crippen LogP) is 4.90. The zero-order chi connectivity index (χ0) is 23.0. The molecule has 1 amide bonds. The number of anilines is 1. The molecule has 0 bridgehead atoms. The Morgan fingerprint density at radius 2 is 1.94 bits per heavy atom. The van der Waals surface area contributed by atoms with Gasteiger partial charge in [0.25, 0.3) is 5.56 Å². The quantitative estimate of drug-likeness (QED) is 0.422. The lowest BCUT2D eigenvalue weighted by Gasteiger charge is -2.15. The second-order valence-electron chi connectivity index (χ2n) is 7.75. The average Bonchev–Trinajstić information content (AvgIpc) is 3.08. The molecule has 0 radical (unpaired) electrons. The number of hydrogen-bond acceptors (Lipinski definition) is 5. The summed E-state index contributed by atoms with van der Waals surface area (Å²) < 4.78 is 28.5. The van der Waals surface area contributed by atoms with Crippen molar-refractivity contribution in [3.05, 3.63) is 75.2 Å². The molecule has 9 heteroatoms. The highest BCUT2D eigenvalue weighted by atomic mass is 32.2. The van der Waals surface area contributed by atoms with Crippen LogP contribution >= 0.6 is 23.5 Å². The predicted molar refractivity (Wildman–Crippen MR) is 124 cm³/mol. The van der Waals surface area contributed by atoms with Crippen LogP contribution in [0.4, 0.5) is 14.5 Å². The van der Waals surface area contributed by atoms with Gasteiger partial charge in [-0.25, -0.2) is 13.8 Å². The minimum atomic E-state index is -0.850. The van der Waals surface area contributed by atoms with Crippen LogP contribution in [0.1, 0.15) is 23.7 Å². The van der Waals surface area contributed by atoms with Gasteiger partial charge in [-0.1, -0.05) is 24.8 Å². The van der Waals surface area contributed by atoms with E-state index in [0.717, 1.165) is 34.6 Å². The van der Waals surface area contributed by atoms with Crippen LogP contribution in [-0.2, 0) is 11.2 Å². The van der Waals surface area contributed by atoms with Crippen molar-refractivity contribution >= 4 is 35.1 Å². The van der Waals surface area contributed by atoms with Gasteiger partial charge in [0.15, 0.2) is 5.16 Å². The molecule has 2 heterocycles. The Hall–Kier alpha value is -2.65. The van der Waals surface area contributed by atoms with Gasteiger partial charge in [0.05, 0.1) is 27.7 Å². The molecule has 32 heavy (non-hydrogen) atoms. The number of benzene rings is 2. The summed E-state index contributed by atoms with van der Waals surface area (Å²) in [6, 6.07) is 8.79. The number of aromatic nitrogens is 2. The van der Waals surface area contributed by atoms with Gasteiger partial charge in [-0.3, -0.25) is 14.2 Å². The van der Waals surface area contributed by atoms with E-state index < -0.39 is 17.5 Å². The lowest BCUT2D eigenvalue weighted by molar-refractivity contribution is -0.113. The monoisotopic (exact) mass is 473 g/mol. The van der Waals surface area contributed by atoms with Crippen LogP contribution in [0.25, 0.3) is 5.69 Å². The number of hydrogen-bond donors (Lipinski definition) is 1. The van der Waals surface area contributed by atoms with Crippen LogP contribution in [0.3, 0.4) is 0 Å². The molecule has 0 saturated heterocycles. The number of carbonyl (C=O) groups is 1. The van der Waals surface area contributed by atoms with Crippen molar-refractivity contribution in [2.24, 2.45) is 0 Å². The molecule has 1 aromatic heterocycles. The standard InChI is InChI=1S/C23H21F2N3O2S2/c1-12-6-13(2)8-16(7-12)28-22(30)21-19(9-14(3)32-21)27-23(28)31-11-20(29)26-18-5-4-15(24)10-17(18)25/h4-8,10,14H,9,11H2,1-3H3,(H,26,29). The largest absolute Gasteiger partial charge is 0.323 e. The van der Waals surface area contributed by atoms with Gasteiger partial charge in [-0.05, 0) is 49.2 Å². The molecular formula is C23H21F2N3O2S2. The Morgan fingerprint density at radius 3 is 2.62 bits per heavy atom. The highest BCUT2D eigenvalue weighted by molar-refractivity contribution is 8.00. The Kier molecular flexibility index (Phi) is 6.39. The minimum Gasteiger partial charge on any atom is -0.323 e. The van der Waals surface area contributed by atoms with Crippen molar-refractivity contribution in [3.8, 4) is 5.69 Å². The number of fused-ring (bicyclic) bond motifs is 1. The van der Waals surface area contributed by atoms with E-state index in [9.17, 15) is 18.4 Å². The van der Waals surface area contributed by atoms with E-state index in [2.05, 4.69) is 5.32 Å². The molecule has 1 aliphatic rings. The van der Waals surface area contributed by atoms with Crippen LogP contribution in [0.2, 0.25) is 0 Å². The van der Waals surface area contributed by atoms with Gasteiger partial charge in [0.2, 0.25) is 5.91 Å². The lowest BCUT2D eigenvalue weighted by Crippen LogP contribution is -2.25. The second kappa shape index (κ2) is 9.07. The maximum Gasteiger partial charge on any atom is 0.272 e. The van der Waals surface area contributed by atoms with E-state index in [0.29, 0.717) is 28.2 Å². The molecule has 1 unspecified atom stereocenters. The van der Waals surface area contributed by atoms with E-state index in [1.54, 1.807) is 4.57 Å². The van der Waals surface area contributed by atoms with Gasteiger partial charge < -0.3 is 5.32 Å². The van der Waals surface area contributed by atoms with Crippen molar-refractivity contribution in [1.29, 1.82) is 0 Å². The zero-order valence-corrected chi connectivity index (χ0v) is 19.4. The fourth-order valence-electron chi connectivity index (χ4n) is 3.61. The Bertz CT molecular complexity index is 1260. The van der Waals surface area contributed by atoms with E-state index in [-0.39, 0.29) is 22.2 Å². The summed E-state index contributed by atoms with van der Waals surface area (Å²) in [6.07, 6.45) is 0.684. The van der Waals surface area contributed by atoms with Crippen LogP contribution in [0, 0.1) is 25.5 Å². The van der Waals surface area contributed by atoms with Crippen molar-refractivity contribution in [1.82, 2.24) is 9.55 Å². The molecular weight excluding hydrogens is 452 g/mol. The molecule has 2 aromatic carbocycles. The van der Waals surface area contributed by atoms with Gasteiger partial charge >= 0.3 is 0 Å². The molecule has 0 saturated carbocycles. The number of carbonyl (C=O) groups excluding carboxylic acids is 1. The third-order valence-corrected chi connectivity index (χ3v) is 7.04. The molecule has 1 N–H and O–H groups in total. The van der Waals surface area contributed by atoms with Gasteiger partial charge in [-0.15, -0.1) is 11.8 Å². The Labute approximate surface area is 192 Å². The van der Waals surface area contributed by atoms with Gasteiger partial charge in [-0.2, -0.15) is 0 Å². The highest BCUT2D eigenvalue weighted by Gasteiger charge is 2.27. The third kappa shape index (κ3) is 4.73. The molecule has 1 atom stereocenters. The number of aryl methyl sites for hydroxylation is 2. The molecule has 3 aromatic rings. The summed E-state index contributed by atoms with van der Waals surface area (Å²) in [5, 5.41) is 3.10. The molecule has 4 rings (SSSR count). The van der Waals surface area contributed by atoms with E-state index in [1.165, 1.54) is 17.8 Å². The number of thioether (sulfide) groups is 2. The summed E-state index contributed by atoms with van der Waals surface area (Å²) >= 11 is 2.62. The van der Waals surface area contributed by atoms with Crippen molar-refractivity contribution in [2.75, 3.05) is 11.1 Å². The first-order valence-electron chi connectivity index (χ1n) is 10.00. The third-order valence-electron chi connectivity index (χ3n) is 4.88. The van der Waals surface area contributed by atoms with Crippen molar-refractivity contribution in [3.63, 3.8) is 0 Å². The molecule has 0 spiro atoms. The summed E-state index contributed by atoms with van der Waals surface area (Å²) in [4.78, 5) is 31.2. The molecule has 0 fully saturated rings. The topological polar surface area (TPSA) is 64.0 Å². The Balaban J connectivity index is 1.65. The van der Waals surface area contributed by atoms with E-state index in [1.807, 2.05) is 39.0 Å². The number of rotatable bonds is 5. The highest BCUT2D eigenvalue weighted by Crippen LogP contribution is 2.35. The summed E-state index contributed by atoms with van der Waals surface area (Å²) in [5.41, 5.74) is 3.19. The van der Waals surface area contributed by atoms with Crippen LogP contribution in [0.15, 0.2) is 51.2 Å². The molecule has 166 valence electrons. The number of nitrogens with zero attached hydrogens (tertiary/aromatic N) is 2. The van der Waals surface area contributed by atoms with Crippen LogP contribution in [-0.4, -0.2) is 26.5 Å². The number of nitrogens with one attached hydrogen (secondary N) is 1. The lowest BCUT2D eigenvalue weighted by atomic mass is 10.1. The van der Waals surface area contributed by atoms with Crippen molar-refractivity contribution < 1.29 is 13.6 Å². The average molecular weight is 474 g/mol. The summed E-state index contributed by atoms with van der Waals surface area (Å²) in [6.45, 7) is 5.96. The normalized spacial score (nSPS) is 15.0. The van der Waals surface area contributed by atoms with Gasteiger partial charge in [0, 0.05) is 17.7 Å². The van der Waals surface area contributed by atoms with Gasteiger partial charge in [0.1, 0.15) is 11.6 Å².